The number of nitrogens with two attached hydrogens (primary N) is 1. The summed E-state index contributed by atoms with van der Waals surface area (Å²) < 4.78 is 32.7. The van der Waals surface area contributed by atoms with Crippen molar-refractivity contribution in [3.05, 3.63) is 16.8 Å². The Kier molecular flexibility index (Phi) is 13.9. The molecule has 24 heteroatoms. The van der Waals surface area contributed by atoms with E-state index in [0.717, 1.165) is 10.9 Å². The third-order valence-electron chi connectivity index (χ3n) is 2.54. The van der Waals surface area contributed by atoms with Crippen LogP contribution in [-0.2, 0) is 18.4 Å². The molecule has 32 heavy (non-hydrogen) atoms. The Bertz CT molecular complexity index is 820. The summed E-state index contributed by atoms with van der Waals surface area (Å²) in [5, 5.41) is 28.1. The highest BCUT2D eigenvalue weighted by Crippen LogP contribution is 2.28. The van der Waals surface area contributed by atoms with Gasteiger partial charge in [-0.3, -0.25) is 4.57 Å². The number of phosphoric acid groups is 3. The van der Waals surface area contributed by atoms with Crippen molar-refractivity contribution in [3.63, 3.8) is 0 Å². The number of nitrogens with zero attached hydrogens (tertiary/aromatic N) is 3. The maximum Gasteiger partial charge on any atom is 0.466 e. The Morgan fingerprint density at radius 2 is 1.28 bits per heavy atom. The second-order valence-corrected chi connectivity index (χ2v) is 8.25. The van der Waals surface area contributed by atoms with Crippen molar-refractivity contribution in [2.75, 3.05) is 12.3 Å². The van der Waals surface area contributed by atoms with Gasteiger partial charge in [-0.1, -0.05) is 0 Å². The lowest BCUT2D eigenvalue weighted by atomic mass is 10.1. The van der Waals surface area contributed by atoms with Crippen LogP contribution in [0.4, 0.5) is 5.95 Å². The Morgan fingerprint density at radius 1 is 0.906 bits per heavy atom. The molecule has 4 atom stereocenters. The topological polar surface area (TPSA) is 377 Å². The molecular weight excluding hydrogens is 517 g/mol. The lowest BCUT2D eigenvalue weighted by molar-refractivity contribution is -0.0554. The highest BCUT2D eigenvalue weighted by atomic mass is 31.2. The van der Waals surface area contributed by atoms with Gasteiger partial charge in [-0.05, 0) is 0 Å². The van der Waals surface area contributed by atoms with Gasteiger partial charge >= 0.3 is 29.2 Å². The van der Waals surface area contributed by atoms with Gasteiger partial charge in [0.05, 0.1) is 6.61 Å². The molecule has 0 aromatic carbocycles. The van der Waals surface area contributed by atoms with Crippen LogP contribution in [0.2, 0.25) is 0 Å². The third kappa shape index (κ3) is 19.5. The highest BCUT2D eigenvalue weighted by Gasteiger charge is 2.43. The maximum atomic E-state index is 11.5. The van der Waals surface area contributed by atoms with Crippen LogP contribution in [0.1, 0.15) is 6.23 Å². The molecule has 2 rings (SSSR count). The number of aliphatic hydroxyl groups excluding tert-OH is 3. The molecular formula is C8H21N4O17P3. The molecule has 2 heterocycles. The number of nitrogen functional groups attached to an aromatic ring is 1. The van der Waals surface area contributed by atoms with Gasteiger partial charge in [0.15, 0.2) is 6.23 Å². The lowest BCUT2D eigenvalue weighted by Crippen LogP contribution is -2.36. The van der Waals surface area contributed by atoms with Gasteiger partial charge in [-0.2, -0.15) is 4.98 Å². The number of hydrogen-bond acceptors (Lipinski definition) is 11. The summed E-state index contributed by atoms with van der Waals surface area (Å²) in [5.74, 6) is -0.196. The summed E-state index contributed by atoms with van der Waals surface area (Å²) >= 11 is 0. The standard InChI is InChI=1S/C8H12N4O5.3H3O4P/c9-7-10-2-12(8(16)11-7)6-5(15)4(14)3(1-13)17-6;3*1-5(2,3)4/h2-6,13-15H,1H2,(H2,9,11,16);3*(H3,1,2,3,4)/t3-,4-,5-,6-;;;/m1.../s1. The first-order valence-electron chi connectivity index (χ1n) is 7.22. The molecule has 0 amide bonds. The second kappa shape index (κ2) is 13.5. The van der Waals surface area contributed by atoms with E-state index in [1.807, 2.05) is 0 Å². The van der Waals surface area contributed by atoms with Gasteiger partial charge in [0.25, 0.3) is 0 Å². The first-order valence-corrected chi connectivity index (χ1v) is 11.9. The minimum atomic E-state index is -4.64. The molecule has 1 aliphatic heterocycles. The zero-order chi connectivity index (χ0) is 26.1. The molecule has 0 bridgehead atoms. The smallest absolute Gasteiger partial charge is 0.394 e. The van der Waals surface area contributed by atoms with Crippen molar-refractivity contribution in [1.29, 1.82) is 0 Å². The molecule has 190 valence electrons. The van der Waals surface area contributed by atoms with Crippen LogP contribution in [-0.4, -0.2) is 98.8 Å². The summed E-state index contributed by atoms with van der Waals surface area (Å²) in [5.41, 5.74) is 4.46. The average Bonchev–Trinajstić information content (AvgIpc) is 2.78. The fraction of sp³-hybridized carbons (Fsp3) is 0.625. The maximum absolute atomic E-state index is 11.5. The van der Waals surface area contributed by atoms with Crippen LogP contribution < -0.4 is 11.4 Å². The highest BCUT2D eigenvalue weighted by molar-refractivity contribution is 7.45. The first kappa shape index (κ1) is 33.0. The summed E-state index contributed by atoms with van der Waals surface area (Å²) in [6, 6.07) is 0. The molecule has 0 radical (unpaired) electrons. The van der Waals surface area contributed by atoms with E-state index >= 15 is 0 Å². The summed E-state index contributed by atoms with van der Waals surface area (Å²) in [7, 11) is -13.9. The molecule has 1 aromatic heterocycles. The number of hydrogen-bond donors (Lipinski definition) is 13. The predicted molar refractivity (Wildman–Crippen MR) is 96.5 cm³/mol. The predicted octanol–water partition coefficient (Wildman–Crippen LogP) is -5.95. The van der Waals surface area contributed by atoms with Crippen LogP contribution in [0.15, 0.2) is 11.1 Å². The van der Waals surface area contributed by atoms with Crippen LogP contribution in [0.25, 0.3) is 0 Å². The van der Waals surface area contributed by atoms with Gasteiger partial charge in [0.1, 0.15) is 24.6 Å². The van der Waals surface area contributed by atoms with E-state index in [1.165, 1.54) is 0 Å². The quantitative estimate of drug-likeness (QED) is 0.156. The molecule has 1 fully saturated rings. The monoisotopic (exact) mass is 538 g/mol. The van der Waals surface area contributed by atoms with E-state index in [0.29, 0.717) is 0 Å². The van der Waals surface area contributed by atoms with Gasteiger partial charge in [-0.25, -0.2) is 23.5 Å². The van der Waals surface area contributed by atoms with E-state index in [-0.39, 0.29) is 5.95 Å². The zero-order valence-electron chi connectivity index (χ0n) is 15.3. The van der Waals surface area contributed by atoms with E-state index < -0.39 is 60.3 Å². The van der Waals surface area contributed by atoms with Crippen molar-refractivity contribution in [1.82, 2.24) is 14.5 Å². The van der Waals surface area contributed by atoms with E-state index in [2.05, 4.69) is 9.97 Å². The average molecular weight is 538 g/mol. The zero-order valence-corrected chi connectivity index (χ0v) is 17.9. The molecule has 0 unspecified atom stereocenters. The Morgan fingerprint density at radius 3 is 1.56 bits per heavy atom. The van der Waals surface area contributed by atoms with Gasteiger partial charge < -0.3 is 69.8 Å². The summed E-state index contributed by atoms with van der Waals surface area (Å²) in [4.78, 5) is 83.1. The number of ether oxygens (including phenoxy) is 1. The molecule has 14 N–H and O–H groups in total. The number of aliphatic hydroxyl groups is 3. The van der Waals surface area contributed by atoms with Gasteiger partial charge in [0.2, 0.25) is 5.95 Å². The number of aromatic nitrogens is 3. The van der Waals surface area contributed by atoms with E-state index in [9.17, 15) is 15.0 Å². The largest absolute Gasteiger partial charge is 0.466 e. The molecule has 0 aliphatic carbocycles. The fourth-order valence-electron chi connectivity index (χ4n) is 1.64. The van der Waals surface area contributed by atoms with Crippen molar-refractivity contribution in [2.24, 2.45) is 0 Å². The van der Waals surface area contributed by atoms with E-state index in [4.69, 9.17) is 73.3 Å². The Balaban J connectivity index is 0. The van der Waals surface area contributed by atoms with Crippen molar-refractivity contribution < 1.29 is 77.8 Å². The lowest BCUT2D eigenvalue weighted by Gasteiger charge is -2.16. The normalized spacial score (nSPS) is 23.0. The van der Waals surface area contributed by atoms with Gasteiger partial charge in [-0.15, -0.1) is 0 Å². The molecule has 0 spiro atoms. The SMILES string of the molecule is Nc1ncn([C@@H]2O[C@H](CO)[C@@H](O)[C@H]2O)c(=O)n1.O=P(O)(O)O.O=P(O)(O)O.O=P(O)(O)O. The molecule has 1 aliphatic rings. The van der Waals surface area contributed by atoms with Gasteiger partial charge in [0, 0.05) is 0 Å². The molecule has 1 aromatic rings. The van der Waals surface area contributed by atoms with E-state index in [1.54, 1.807) is 0 Å². The minimum Gasteiger partial charge on any atom is -0.394 e. The summed E-state index contributed by atoms with van der Waals surface area (Å²) in [6.45, 7) is -0.473. The fourth-order valence-corrected chi connectivity index (χ4v) is 1.64. The number of rotatable bonds is 2. The second-order valence-electron chi connectivity index (χ2n) is 5.17. The van der Waals surface area contributed by atoms with Crippen LogP contribution >= 0.6 is 23.5 Å². The molecule has 21 nitrogen and oxygen atoms in total. The number of anilines is 1. The van der Waals surface area contributed by atoms with Crippen molar-refractivity contribution >= 4 is 29.4 Å². The van der Waals surface area contributed by atoms with Crippen LogP contribution in [0.3, 0.4) is 0 Å². The summed E-state index contributed by atoms with van der Waals surface area (Å²) in [6.07, 6.45) is -3.67. The van der Waals surface area contributed by atoms with Crippen molar-refractivity contribution in [3.8, 4) is 0 Å². The third-order valence-corrected chi connectivity index (χ3v) is 2.54. The molecule has 1 saturated heterocycles. The van der Waals surface area contributed by atoms with Crippen LogP contribution in [0, 0.1) is 0 Å². The molecule has 0 saturated carbocycles. The van der Waals surface area contributed by atoms with Crippen molar-refractivity contribution in [2.45, 2.75) is 24.5 Å². The van der Waals surface area contributed by atoms with Crippen LogP contribution in [0.5, 0.6) is 0 Å². The first-order chi connectivity index (χ1) is 14.0. The Labute approximate surface area is 176 Å². The minimum absolute atomic E-state index is 0.196. The Hall–Kier alpha value is -1.22.